The molecule has 1 amide bonds. The van der Waals surface area contributed by atoms with Gasteiger partial charge in [0.1, 0.15) is 16.7 Å². The third kappa shape index (κ3) is 5.04. The fraction of sp³-hybridized carbons (Fsp3) is 0.533. The number of thioether (sulfide) groups is 1. The molecular weight excluding hydrogens is 393 g/mol. The number of hydrogen-bond acceptors (Lipinski definition) is 5. The van der Waals surface area contributed by atoms with E-state index in [4.69, 9.17) is 0 Å². The van der Waals surface area contributed by atoms with Gasteiger partial charge in [0, 0.05) is 12.3 Å². The molecule has 0 bridgehead atoms. The Kier molecular flexibility index (Phi) is 6.46. The molecule has 6 nitrogen and oxygen atoms in total. The summed E-state index contributed by atoms with van der Waals surface area (Å²) in [5.41, 5.74) is 0. The number of benzene rings is 1. The molecule has 1 saturated heterocycles. The quantitative estimate of drug-likeness (QED) is 0.777. The number of ether oxygens (including phenoxy) is 1. The average molecular weight is 412 g/mol. The highest BCUT2D eigenvalue weighted by Gasteiger charge is 2.42. The first kappa shape index (κ1) is 20.8. The number of nitrogens with one attached hydrogen (secondary N) is 1. The lowest BCUT2D eigenvalue weighted by Gasteiger charge is -2.24. The van der Waals surface area contributed by atoms with E-state index in [0.717, 1.165) is 16.4 Å². The Hall–Kier alpha value is -1.46. The molecule has 146 valence electrons. The van der Waals surface area contributed by atoms with Crippen LogP contribution in [0.5, 0.6) is 5.75 Å². The predicted octanol–water partition coefficient (Wildman–Crippen LogP) is 2.42. The number of nitrogens with zero attached hydrogens (tertiary/aromatic N) is 1. The number of alkyl halides is 3. The van der Waals surface area contributed by atoms with Crippen molar-refractivity contribution in [3.05, 3.63) is 24.3 Å². The summed E-state index contributed by atoms with van der Waals surface area (Å²) in [4.78, 5) is 11.7. The van der Waals surface area contributed by atoms with Gasteiger partial charge in [-0.15, -0.1) is 24.9 Å². The highest BCUT2D eigenvalue weighted by atomic mass is 32.2. The van der Waals surface area contributed by atoms with Gasteiger partial charge < -0.3 is 10.1 Å². The van der Waals surface area contributed by atoms with Gasteiger partial charge in [0.15, 0.2) is 0 Å². The molecule has 1 unspecified atom stereocenters. The average Bonchev–Trinajstić information content (AvgIpc) is 3.02. The van der Waals surface area contributed by atoms with Crippen LogP contribution in [0.1, 0.15) is 13.8 Å². The number of hydrogen-bond donors (Lipinski definition) is 1. The molecule has 0 aromatic heterocycles. The van der Waals surface area contributed by atoms with Crippen LogP contribution in [0.3, 0.4) is 0 Å². The van der Waals surface area contributed by atoms with Crippen molar-refractivity contribution < 1.29 is 31.1 Å². The summed E-state index contributed by atoms with van der Waals surface area (Å²) in [5, 5.41) is 2.66. The molecule has 1 atom stereocenters. The molecule has 2 rings (SSSR count). The van der Waals surface area contributed by atoms with Gasteiger partial charge in [-0.05, 0) is 18.1 Å². The molecule has 1 aromatic carbocycles. The van der Waals surface area contributed by atoms with Gasteiger partial charge in [-0.2, -0.15) is 4.31 Å². The molecule has 1 aliphatic rings. The summed E-state index contributed by atoms with van der Waals surface area (Å²) in [6.45, 7) is 4.16. The first-order valence-electron chi connectivity index (χ1n) is 7.74. The number of para-hydroxylation sites is 1. The maximum Gasteiger partial charge on any atom is 0.573 e. The van der Waals surface area contributed by atoms with Crippen LogP contribution in [0.4, 0.5) is 13.2 Å². The Labute approximate surface area is 154 Å². The second-order valence-corrected chi connectivity index (χ2v) is 8.90. The number of carbonyl (C=O) groups excluding carboxylic acids is 1. The van der Waals surface area contributed by atoms with E-state index < -0.39 is 39.0 Å². The molecule has 1 aromatic rings. The minimum Gasteiger partial charge on any atom is -0.404 e. The summed E-state index contributed by atoms with van der Waals surface area (Å²) in [7, 11) is -4.35. The van der Waals surface area contributed by atoms with Crippen LogP contribution >= 0.6 is 11.8 Å². The maximum atomic E-state index is 12.9. The van der Waals surface area contributed by atoms with Gasteiger partial charge in [-0.25, -0.2) is 8.42 Å². The van der Waals surface area contributed by atoms with Gasteiger partial charge in [-0.1, -0.05) is 26.0 Å². The van der Waals surface area contributed by atoms with Crippen molar-refractivity contribution in [3.8, 4) is 5.75 Å². The van der Waals surface area contributed by atoms with Crippen molar-refractivity contribution in [3.63, 3.8) is 0 Å². The van der Waals surface area contributed by atoms with Crippen molar-refractivity contribution in [2.75, 3.05) is 18.2 Å². The van der Waals surface area contributed by atoms with E-state index in [0.29, 0.717) is 6.54 Å². The van der Waals surface area contributed by atoms with Crippen LogP contribution in [0.2, 0.25) is 0 Å². The van der Waals surface area contributed by atoms with Crippen molar-refractivity contribution in [2.24, 2.45) is 5.92 Å². The second-order valence-electron chi connectivity index (χ2n) is 6.04. The molecule has 0 radical (unpaired) electrons. The number of carbonyl (C=O) groups is 1. The molecule has 0 saturated carbocycles. The highest BCUT2D eigenvalue weighted by molar-refractivity contribution is 8.00. The molecule has 0 spiro atoms. The third-order valence-corrected chi connectivity index (χ3v) is 6.56. The number of rotatable bonds is 6. The van der Waals surface area contributed by atoms with Crippen LogP contribution < -0.4 is 10.1 Å². The Balaban J connectivity index is 2.30. The Bertz CT molecular complexity index is 754. The minimum atomic E-state index is -5.03. The Morgan fingerprint density at radius 1 is 1.38 bits per heavy atom. The zero-order valence-electron chi connectivity index (χ0n) is 14.1. The summed E-state index contributed by atoms with van der Waals surface area (Å²) < 4.78 is 68.2. The van der Waals surface area contributed by atoms with Gasteiger partial charge >= 0.3 is 6.36 Å². The van der Waals surface area contributed by atoms with Crippen LogP contribution in [-0.2, 0) is 14.8 Å². The van der Waals surface area contributed by atoms with E-state index in [1.54, 1.807) is 0 Å². The van der Waals surface area contributed by atoms with Crippen LogP contribution in [0.25, 0.3) is 0 Å². The molecule has 1 fully saturated rings. The third-order valence-electron chi connectivity index (χ3n) is 3.49. The van der Waals surface area contributed by atoms with Gasteiger partial charge in [0.25, 0.3) is 0 Å². The SMILES string of the molecule is CC(C)CNC(=O)C1CSCN1S(=O)(=O)c1ccccc1OC(F)(F)F. The lowest BCUT2D eigenvalue weighted by Crippen LogP contribution is -2.47. The van der Waals surface area contributed by atoms with E-state index in [1.807, 2.05) is 13.8 Å². The summed E-state index contributed by atoms with van der Waals surface area (Å²) in [6, 6.07) is 3.52. The lowest BCUT2D eigenvalue weighted by molar-refractivity contribution is -0.275. The van der Waals surface area contributed by atoms with Gasteiger partial charge in [-0.3, -0.25) is 4.79 Å². The minimum absolute atomic E-state index is 0.0253. The van der Waals surface area contributed by atoms with Crippen molar-refractivity contribution in [1.82, 2.24) is 9.62 Å². The van der Waals surface area contributed by atoms with Crippen molar-refractivity contribution in [1.29, 1.82) is 0 Å². The van der Waals surface area contributed by atoms with Crippen LogP contribution in [-0.4, -0.2) is 49.2 Å². The summed E-state index contributed by atoms with van der Waals surface area (Å²) in [5.74, 6) is -0.910. The van der Waals surface area contributed by atoms with E-state index in [1.165, 1.54) is 23.9 Å². The Morgan fingerprint density at radius 2 is 2.04 bits per heavy atom. The second kappa shape index (κ2) is 8.05. The fourth-order valence-electron chi connectivity index (χ4n) is 2.29. The van der Waals surface area contributed by atoms with Crippen molar-refractivity contribution >= 4 is 27.7 Å². The molecule has 1 N–H and O–H groups in total. The standard InChI is InChI=1S/C15H19F3N2O4S2/c1-10(2)7-19-14(21)11-8-25-9-20(11)26(22,23)13-6-4-3-5-12(13)24-15(16,17)18/h3-6,10-11H,7-9H2,1-2H3,(H,19,21). The molecule has 26 heavy (non-hydrogen) atoms. The predicted molar refractivity (Wildman–Crippen MR) is 91.1 cm³/mol. The van der Waals surface area contributed by atoms with E-state index in [2.05, 4.69) is 10.1 Å². The fourth-order valence-corrected chi connectivity index (χ4v) is 5.56. The molecule has 1 heterocycles. The molecule has 11 heteroatoms. The zero-order chi connectivity index (χ0) is 19.5. The van der Waals surface area contributed by atoms with Crippen LogP contribution in [0.15, 0.2) is 29.2 Å². The molecular formula is C15H19F3N2O4S2. The zero-order valence-corrected chi connectivity index (χ0v) is 15.7. The molecule has 0 aliphatic carbocycles. The largest absolute Gasteiger partial charge is 0.573 e. The van der Waals surface area contributed by atoms with E-state index in [9.17, 15) is 26.4 Å². The van der Waals surface area contributed by atoms with Gasteiger partial charge in [0.05, 0.1) is 5.88 Å². The van der Waals surface area contributed by atoms with E-state index >= 15 is 0 Å². The maximum absolute atomic E-state index is 12.9. The number of amides is 1. The number of sulfonamides is 1. The monoisotopic (exact) mass is 412 g/mol. The van der Waals surface area contributed by atoms with Gasteiger partial charge in [0.2, 0.25) is 15.9 Å². The topological polar surface area (TPSA) is 75.7 Å². The highest BCUT2D eigenvalue weighted by Crippen LogP contribution is 2.35. The first-order valence-corrected chi connectivity index (χ1v) is 10.3. The van der Waals surface area contributed by atoms with Crippen LogP contribution in [0, 0.1) is 5.92 Å². The van der Waals surface area contributed by atoms with E-state index in [-0.39, 0.29) is 17.5 Å². The first-order chi connectivity index (χ1) is 12.0. The Morgan fingerprint density at radius 3 is 2.65 bits per heavy atom. The smallest absolute Gasteiger partial charge is 0.404 e. The summed E-state index contributed by atoms with van der Waals surface area (Å²) in [6.07, 6.45) is -5.03. The summed E-state index contributed by atoms with van der Waals surface area (Å²) >= 11 is 1.22. The molecule has 1 aliphatic heterocycles. The van der Waals surface area contributed by atoms with Crippen molar-refractivity contribution in [2.45, 2.75) is 31.1 Å². The number of halogens is 3. The lowest BCUT2D eigenvalue weighted by atomic mass is 10.2. The normalized spacial score (nSPS) is 18.9.